The Morgan fingerprint density at radius 3 is 2.15 bits per heavy atom. The van der Waals surface area contributed by atoms with Crippen LogP contribution in [0, 0.1) is 0 Å². The van der Waals surface area contributed by atoms with Gasteiger partial charge in [0.2, 0.25) is 0 Å². The first kappa shape index (κ1) is 12.0. The molecular weight excluding hydrogens is 156 g/mol. The third kappa shape index (κ3) is 3.45. The SMILES string of the molecule is C=C\C=C(C)/C(=C\C)C(=C\C)/CC. The zero-order valence-corrected chi connectivity index (χ0v) is 9.22. The highest BCUT2D eigenvalue weighted by atomic mass is 14.1. The molecule has 0 N–H and O–H groups in total. The Morgan fingerprint density at radius 2 is 1.85 bits per heavy atom. The second kappa shape index (κ2) is 6.47. The molecule has 0 spiro atoms. The zero-order valence-electron chi connectivity index (χ0n) is 9.22. The van der Waals surface area contributed by atoms with Crippen molar-refractivity contribution in [2.75, 3.05) is 0 Å². The van der Waals surface area contributed by atoms with Crippen molar-refractivity contribution in [2.24, 2.45) is 0 Å². The molecule has 0 radical (unpaired) electrons. The van der Waals surface area contributed by atoms with Gasteiger partial charge in [0.15, 0.2) is 0 Å². The molecule has 0 aliphatic carbocycles. The van der Waals surface area contributed by atoms with Gasteiger partial charge in [-0.25, -0.2) is 0 Å². The van der Waals surface area contributed by atoms with Crippen molar-refractivity contribution in [3.8, 4) is 0 Å². The Hall–Kier alpha value is -1.04. The smallest absolute Gasteiger partial charge is 0.0241 e. The van der Waals surface area contributed by atoms with Crippen molar-refractivity contribution in [1.82, 2.24) is 0 Å². The van der Waals surface area contributed by atoms with Crippen molar-refractivity contribution < 1.29 is 0 Å². The van der Waals surface area contributed by atoms with E-state index in [-0.39, 0.29) is 0 Å². The molecule has 0 bridgehead atoms. The maximum Gasteiger partial charge on any atom is -0.0241 e. The minimum atomic E-state index is 1.08. The van der Waals surface area contributed by atoms with Crippen LogP contribution in [0.25, 0.3) is 0 Å². The highest BCUT2D eigenvalue weighted by Crippen LogP contribution is 2.21. The van der Waals surface area contributed by atoms with Crippen molar-refractivity contribution >= 4 is 0 Å². The van der Waals surface area contributed by atoms with Crippen LogP contribution in [0.15, 0.2) is 47.6 Å². The van der Waals surface area contributed by atoms with Crippen LogP contribution in [0.4, 0.5) is 0 Å². The molecule has 0 aliphatic rings. The monoisotopic (exact) mass is 176 g/mol. The summed E-state index contributed by atoms with van der Waals surface area (Å²) in [7, 11) is 0. The van der Waals surface area contributed by atoms with Gasteiger partial charge in [0.25, 0.3) is 0 Å². The van der Waals surface area contributed by atoms with Crippen LogP contribution in [-0.4, -0.2) is 0 Å². The molecule has 0 saturated heterocycles. The molecule has 0 unspecified atom stereocenters. The third-order valence-corrected chi connectivity index (χ3v) is 2.16. The van der Waals surface area contributed by atoms with Crippen molar-refractivity contribution in [3.63, 3.8) is 0 Å². The first-order chi connectivity index (χ1) is 6.21. The molecule has 0 aliphatic heterocycles. The van der Waals surface area contributed by atoms with Gasteiger partial charge >= 0.3 is 0 Å². The molecule has 0 fully saturated rings. The zero-order chi connectivity index (χ0) is 10.3. The van der Waals surface area contributed by atoms with E-state index in [0.717, 1.165) is 6.42 Å². The van der Waals surface area contributed by atoms with Crippen molar-refractivity contribution in [3.05, 3.63) is 47.6 Å². The lowest BCUT2D eigenvalue weighted by Gasteiger charge is -2.09. The number of hydrogen-bond acceptors (Lipinski definition) is 0. The molecule has 0 nitrogen and oxygen atoms in total. The fourth-order valence-electron chi connectivity index (χ4n) is 1.48. The predicted molar refractivity (Wildman–Crippen MR) is 61.8 cm³/mol. The molecule has 0 atom stereocenters. The Morgan fingerprint density at radius 1 is 1.23 bits per heavy atom. The largest absolute Gasteiger partial charge is 0.0991 e. The van der Waals surface area contributed by atoms with Gasteiger partial charge < -0.3 is 0 Å². The van der Waals surface area contributed by atoms with E-state index in [4.69, 9.17) is 0 Å². The quantitative estimate of drug-likeness (QED) is 0.556. The maximum atomic E-state index is 3.71. The van der Waals surface area contributed by atoms with E-state index >= 15 is 0 Å². The lowest BCUT2D eigenvalue weighted by Crippen LogP contribution is -1.90. The molecule has 0 aromatic heterocycles. The minimum Gasteiger partial charge on any atom is -0.0991 e. The van der Waals surface area contributed by atoms with Gasteiger partial charge in [-0.1, -0.05) is 37.8 Å². The molecule has 0 aromatic carbocycles. The van der Waals surface area contributed by atoms with E-state index in [1.807, 2.05) is 6.08 Å². The normalized spacial score (nSPS) is 14.6. The fraction of sp³-hybridized carbons (Fsp3) is 0.385. The number of allylic oxidation sites excluding steroid dienone is 7. The maximum absolute atomic E-state index is 3.71. The van der Waals surface area contributed by atoms with E-state index in [1.54, 1.807) is 0 Å². The Bertz CT molecular complexity index is 245. The molecule has 0 aromatic rings. The van der Waals surface area contributed by atoms with Crippen LogP contribution in [0.2, 0.25) is 0 Å². The van der Waals surface area contributed by atoms with Crippen molar-refractivity contribution in [2.45, 2.75) is 34.1 Å². The Labute approximate surface area is 82.4 Å². The van der Waals surface area contributed by atoms with Gasteiger partial charge in [0.1, 0.15) is 0 Å². The topological polar surface area (TPSA) is 0 Å². The first-order valence-electron chi connectivity index (χ1n) is 4.82. The minimum absolute atomic E-state index is 1.08. The molecular formula is C13H20. The van der Waals surface area contributed by atoms with Crippen LogP contribution in [0.3, 0.4) is 0 Å². The van der Waals surface area contributed by atoms with Crippen molar-refractivity contribution in [1.29, 1.82) is 0 Å². The second-order valence-electron chi connectivity index (χ2n) is 2.96. The van der Waals surface area contributed by atoms with Crippen LogP contribution in [0.5, 0.6) is 0 Å². The summed E-state index contributed by atoms with van der Waals surface area (Å²) >= 11 is 0. The van der Waals surface area contributed by atoms with Gasteiger partial charge in [-0.3, -0.25) is 0 Å². The summed E-state index contributed by atoms with van der Waals surface area (Å²) in [6.07, 6.45) is 9.30. The summed E-state index contributed by atoms with van der Waals surface area (Å²) in [6, 6.07) is 0. The molecule has 0 rings (SSSR count). The Kier molecular flexibility index (Phi) is 5.96. The van der Waals surface area contributed by atoms with Gasteiger partial charge in [-0.15, -0.1) is 0 Å². The van der Waals surface area contributed by atoms with Gasteiger partial charge in [0, 0.05) is 0 Å². The standard InChI is InChI=1S/C13H20/c1-6-10-11(5)13(9-4)12(7-2)8-3/h6-7,9-10H,1,8H2,2-5H3/b11-10-,12-7-,13-9+. The van der Waals surface area contributed by atoms with Gasteiger partial charge in [-0.05, 0) is 43.9 Å². The summed E-state index contributed by atoms with van der Waals surface area (Å²) in [4.78, 5) is 0. The number of hydrogen-bond donors (Lipinski definition) is 0. The third-order valence-electron chi connectivity index (χ3n) is 2.16. The fourth-order valence-corrected chi connectivity index (χ4v) is 1.48. The number of rotatable bonds is 4. The average Bonchev–Trinajstić information content (AvgIpc) is 2.14. The summed E-state index contributed by atoms with van der Waals surface area (Å²) in [5, 5.41) is 0. The van der Waals surface area contributed by atoms with E-state index in [2.05, 4.69) is 52.5 Å². The van der Waals surface area contributed by atoms with E-state index in [9.17, 15) is 0 Å². The molecule has 0 heteroatoms. The van der Waals surface area contributed by atoms with E-state index in [1.165, 1.54) is 16.7 Å². The van der Waals surface area contributed by atoms with Crippen LogP contribution in [0.1, 0.15) is 34.1 Å². The molecule has 72 valence electrons. The lowest BCUT2D eigenvalue weighted by molar-refractivity contribution is 1.10. The summed E-state index contributed by atoms with van der Waals surface area (Å²) < 4.78 is 0. The average molecular weight is 176 g/mol. The highest BCUT2D eigenvalue weighted by molar-refractivity contribution is 5.45. The lowest BCUT2D eigenvalue weighted by atomic mass is 9.96. The Balaban J connectivity index is 4.92. The van der Waals surface area contributed by atoms with E-state index < -0.39 is 0 Å². The van der Waals surface area contributed by atoms with Gasteiger partial charge in [-0.2, -0.15) is 0 Å². The second-order valence-corrected chi connectivity index (χ2v) is 2.96. The van der Waals surface area contributed by atoms with Crippen LogP contribution in [-0.2, 0) is 0 Å². The summed E-state index contributed by atoms with van der Waals surface area (Å²) in [6.45, 7) is 12.2. The predicted octanol–water partition coefficient (Wildman–Crippen LogP) is 4.42. The molecule has 0 amide bonds. The molecule has 0 heterocycles. The molecule has 0 saturated carbocycles. The highest BCUT2D eigenvalue weighted by Gasteiger charge is 2.01. The van der Waals surface area contributed by atoms with Crippen LogP contribution < -0.4 is 0 Å². The van der Waals surface area contributed by atoms with Crippen LogP contribution >= 0.6 is 0 Å². The van der Waals surface area contributed by atoms with Gasteiger partial charge in [0.05, 0.1) is 0 Å². The molecule has 13 heavy (non-hydrogen) atoms. The first-order valence-corrected chi connectivity index (χ1v) is 4.82. The van der Waals surface area contributed by atoms with E-state index in [0.29, 0.717) is 0 Å². The summed E-state index contributed by atoms with van der Waals surface area (Å²) in [5.41, 5.74) is 4.02. The summed E-state index contributed by atoms with van der Waals surface area (Å²) in [5.74, 6) is 0.